The number of anilines is 1. The molecule has 16 heteroatoms. The molecule has 0 fully saturated rings. The minimum absolute atomic E-state index is 0.130. The fraction of sp³-hybridized carbons (Fsp3) is 0.593. The van der Waals surface area contributed by atoms with Gasteiger partial charge >= 0.3 is 6.09 Å². The van der Waals surface area contributed by atoms with Crippen molar-refractivity contribution in [2.45, 2.75) is 60.5 Å². The molecule has 0 heterocycles. The zero-order valence-electron chi connectivity index (χ0n) is 26.3. The number of hydrogen-bond acceptors (Lipinski definition) is 11. The van der Waals surface area contributed by atoms with Crippen LogP contribution in [0.5, 0.6) is 0 Å². The molecule has 2 radical (unpaired) electrons. The molecule has 5 N–H and O–H groups in total. The van der Waals surface area contributed by atoms with Gasteiger partial charge in [-0.15, -0.1) is 0 Å². The van der Waals surface area contributed by atoms with Gasteiger partial charge in [0, 0.05) is 24.4 Å². The number of rotatable bonds is 18. The Morgan fingerprint density at radius 3 is 2.16 bits per heavy atom. The number of carbonyl (C=O) groups is 5. The SMILES string of the molecule is CC.CCC.COC(=O)NSNCCOCCOCC(=O)NCC(=O)NC(C)C(=O)Nc1ccc(COC=O)cc1.[B]C. The quantitative estimate of drug-likeness (QED) is 0.0694. The highest BCUT2D eigenvalue weighted by Gasteiger charge is 2.16. The average Bonchev–Trinajstić information content (AvgIpc) is 3.02. The Labute approximate surface area is 261 Å². The number of ether oxygens (including phenoxy) is 4. The van der Waals surface area contributed by atoms with Gasteiger partial charge in [0.1, 0.15) is 19.3 Å². The summed E-state index contributed by atoms with van der Waals surface area (Å²) in [5.41, 5.74) is 1.27. The van der Waals surface area contributed by atoms with Crippen LogP contribution in [0.4, 0.5) is 10.5 Å². The molecule has 0 aliphatic carbocycles. The van der Waals surface area contributed by atoms with Gasteiger partial charge in [0.25, 0.3) is 6.47 Å². The van der Waals surface area contributed by atoms with Crippen molar-refractivity contribution in [2.75, 3.05) is 51.9 Å². The summed E-state index contributed by atoms with van der Waals surface area (Å²) in [6.07, 6.45) is 0.681. The summed E-state index contributed by atoms with van der Waals surface area (Å²) in [6, 6.07) is 5.82. The van der Waals surface area contributed by atoms with Crippen molar-refractivity contribution < 1.29 is 42.9 Å². The smallest absolute Gasteiger partial charge is 0.417 e. The Bertz CT molecular complexity index is 868. The van der Waals surface area contributed by atoms with Crippen LogP contribution in [0.15, 0.2) is 24.3 Å². The fourth-order valence-electron chi connectivity index (χ4n) is 2.32. The first-order chi connectivity index (χ1) is 20.8. The van der Waals surface area contributed by atoms with Gasteiger partial charge in [-0.05, 0) is 24.6 Å². The molecule has 0 saturated heterocycles. The van der Waals surface area contributed by atoms with Crippen LogP contribution in [-0.2, 0) is 44.7 Å². The molecule has 4 amide bonds. The summed E-state index contributed by atoms with van der Waals surface area (Å²) in [6.45, 7) is 12.4. The second-order valence-electron chi connectivity index (χ2n) is 7.62. The zero-order valence-corrected chi connectivity index (χ0v) is 27.1. The predicted octanol–water partition coefficient (Wildman–Crippen LogP) is 2.11. The zero-order chi connectivity index (χ0) is 33.3. The first-order valence-electron chi connectivity index (χ1n) is 13.7. The Morgan fingerprint density at radius 1 is 0.977 bits per heavy atom. The molecule has 1 unspecified atom stereocenters. The molecule has 43 heavy (non-hydrogen) atoms. The highest BCUT2D eigenvalue weighted by Crippen LogP contribution is 2.10. The number of methoxy groups -OCH3 is 1. The van der Waals surface area contributed by atoms with E-state index in [9.17, 15) is 24.0 Å². The van der Waals surface area contributed by atoms with E-state index in [4.69, 9.17) is 9.47 Å². The Hall–Kier alpha value is -3.34. The van der Waals surface area contributed by atoms with E-state index >= 15 is 0 Å². The van der Waals surface area contributed by atoms with Gasteiger partial charge in [-0.3, -0.25) is 23.9 Å². The first-order valence-corrected chi connectivity index (χ1v) is 14.6. The Morgan fingerprint density at radius 2 is 1.58 bits per heavy atom. The lowest BCUT2D eigenvalue weighted by molar-refractivity contribution is -0.130. The van der Waals surface area contributed by atoms with Gasteiger partial charge in [-0.25, -0.2) is 9.52 Å². The lowest BCUT2D eigenvalue weighted by Crippen LogP contribution is -2.46. The number of nitrogens with one attached hydrogen (secondary N) is 5. The maximum atomic E-state index is 12.2. The van der Waals surface area contributed by atoms with Crippen molar-refractivity contribution in [3.8, 4) is 0 Å². The summed E-state index contributed by atoms with van der Waals surface area (Å²) in [7, 11) is 5.76. The summed E-state index contributed by atoms with van der Waals surface area (Å²) < 4.78 is 24.7. The minimum atomic E-state index is -0.843. The second-order valence-corrected chi connectivity index (χ2v) is 8.32. The minimum Gasteiger partial charge on any atom is -0.463 e. The third-order valence-electron chi connectivity index (χ3n) is 4.10. The van der Waals surface area contributed by atoms with Crippen LogP contribution in [0.25, 0.3) is 0 Å². The van der Waals surface area contributed by atoms with Crippen molar-refractivity contribution in [1.82, 2.24) is 20.1 Å². The molecule has 0 aromatic heterocycles. The molecule has 0 bridgehead atoms. The third kappa shape index (κ3) is 28.6. The normalized spacial score (nSPS) is 9.93. The summed E-state index contributed by atoms with van der Waals surface area (Å²) in [5.74, 6) is -1.47. The van der Waals surface area contributed by atoms with E-state index in [-0.39, 0.29) is 33.0 Å². The lowest BCUT2D eigenvalue weighted by atomic mass is 10.2. The lowest BCUT2D eigenvalue weighted by Gasteiger charge is -2.15. The van der Waals surface area contributed by atoms with Crippen molar-refractivity contribution in [3.05, 3.63) is 29.8 Å². The molecular weight excluding hydrogens is 581 g/mol. The summed E-state index contributed by atoms with van der Waals surface area (Å²) in [5, 5.41) is 7.53. The second kappa shape index (κ2) is 33.2. The molecule has 14 nitrogen and oxygen atoms in total. The Balaban J connectivity index is -0.00000210. The van der Waals surface area contributed by atoms with Gasteiger partial charge in [0.2, 0.25) is 17.7 Å². The van der Waals surface area contributed by atoms with E-state index < -0.39 is 29.9 Å². The van der Waals surface area contributed by atoms with Crippen LogP contribution in [0.2, 0.25) is 6.82 Å². The van der Waals surface area contributed by atoms with Crippen LogP contribution < -0.4 is 25.4 Å². The molecule has 0 aliphatic rings. The van der Waals surface area contributed by atoms with Gasteiger partial charge in [0.15, 0.2) is 0 Å². The first kappa shape index (κ1) is 44.1. The molecule has 1 aromatic rings. The maximum absolute atomic E-state index is 12.2. The monoisotopic (exact) mass is 629 g/mol. The molecule has 1 atom stereocenters. The van der Waals surface area contributed by atoms with Crippen molar-refractivity contribution in [2.24, 2.45) is 0 Å². The van der Waals surface area contributed by atoms with E-state index in [1.165, 1.54) is 27.3 Å². The third-order valence-corrected chi connectivity index (χ3v) is 4.72. The number of hydrogen-bond donors (Lipinski definition) is 5. The highest BCUT2D eigenvalue weighted by molar-refractivity contribution is 7.96. The molecular formula is C27H48BN5O9S. The standard InChI is InChI=1S/C21H31N5O9S.C3H8.C2H6.CH3B/c1-15(20(30)25-17-5-3-16(4-6-17)12-35-14-27)24-18(28)11-22-19(29)13-34-10-9-33-8-7-23-36-26-21(31)32-2;1-3-2;2*1-2/h3-6,14-15,23H,7-13H2,1-2H3,(H,22,29)(H,24,28)(H,25,30)(H,26,31);3H2,1-2H3;1-2H3;1H3. The molecule has 0 spiro atoms. The number of benzene rings is 1. The van der Waals surface area contributed by atoms with Crippen LogP contribution in [-0.4, -0.2) is 90.8 Å². The van der Waals surface area contributed by atoms with E-state index in [0.29, 0.717) is 25.3 Å². The van der Waals surface area contributed by atoms with Crippen LogP contribution >= 0.6 is 12.1 Å². The molecule has 244 valence electrons. The summed E-state index contributed by atoms with van der Waals surface area (Å²) >= 11 is 0.967. The predicted molar refractivity (Wildman–Crippen MR) is 168 cm³/mol. The van der Waals surface area contributed by atoms with Crippen molar-refractivity contribution in [3.63, 3.8) is 0 Å². The van der Waals surface area contributed by atoms with E-state index in [0.717, 1.165) is 17.7 Å². The van der Waals surface area contributed by atoms with Crippen molar-refractivity contribution in [1.29, 1.82) is 0 Å². The highest BCUT2D eigenvalue weighted by atomic mass is 32.2. The van der Waals surface area contributed by atoms with E-state index in [1.54, 1.807) is 24.3 Å². The van der Waals surface area contributed by atoms with Crippen molar-refractivity contribution >= 4 is 56.0 Å². The molecule has 1 aromatic carbocycles. The number of carbonyl (C=O) groups excluding carboxylic acids is 5. The largest absolute Gasteiger partial charge is 0.463 e. The van der Waals surface area contributed by atoms with Crippen LogP contribution in [0, 0.1) is 0 Å². The van der Waals surface area contributed by atoms with Gasteiger partial charge in [-0.2, -0.15) is 0 Å². The Kier molecular flexibility index (Phi) is 34.0. The molecule has 1 rings (SSSR count). The number of amides is 4. The molecule has 0 aliphatic heterocycles. The average molecular weight is 630 g/mol. The van der Waals surface area contributed by atoms with Crippen LogP contribution in [0.3, 0.4) is 0 Å². The van der Waals surface area contributed by atoms with Gasteiger partial charge in [0.05, 0.1) is 41.3 Å². The van der Waals surface area contributed by atoms with Gasteiger partial charge < -0.3 is 34.9 Å². The molecule has 0 saturated carbocycles. The summed E-state index contributed by atoms with van der Waals surface area (Å²) in [4.78, 5) is 57.0. The van der Waals surface area contributed by atoms with E-state index in [2.05, 4.69) is 56.6 Å². The topological polar surface area (TPSA) is 182 Å². The fourth-order valence-corrected chi connectivity index (χ4v) is 2.75. The van der Waals surface area contributed by atoms with Gasteiger partial charge in [-0.1, -0.05) is 53.1 Å². The maximum Gasteiger partial charge on any atom is 0.417 e. The van der Waals surface area contributed by atoms with E-state index in [1.807, 2.05) is 13.8 Å². The van der Waals surface area contributed by atoms with Crippen LogP contribution in [0.1, 0.15) is 46.6 Å².